The number of nitrogens with zero attached hydrogens (tertiary/aromatic N) is 3. The number of fused-ring (bicyclic) bond motifs is 2. The summed E-state index contributed by atoms with van der Waals surface area (Å²) in [5.41, 5.74) is 2.11. The molecule has 0 atom stereocenters. The Morgan fingerprint density at radius 2 is 1.89 bits per heavy atom. The molecular formula is C16H10N3. The second-order valence-electron chi connectivity index (χ2n) is 4.43. The molecule has 0 aliphatic rings. The molecule has 89 valence electrons. The van der Waals surface area contributed by atoms with Gasteiger partial charge in [0.1, 0.15) is 6.20 Å². The molecule has 0 saturated carbocycles. The lowest BCUT2D eigenvalue weighted by Gasteiger charge is -2.06. The van der Waals surface area contributed by atoms with Crippen LogP contribution in [0, 0.1) is 6.20 Å². The minimum atomic E-state index is 0.670. The molecule has 0 amide bonds. The van der Waals surface area contributed by atoms with Crippen LogP contribution >= 0.6 is 0 Å². The summed E-state index contributed by atoms with van der Waals surface area (Å²) in [5.74, 6) is 0.670. The average Bonchev–Trinajstić information content (AvgIpc) is 2.94. The Bertz CT molecular complexity index is 872. The summed E-state index contributed by atoms with van der Waals surface area (Å²) in [6.07, 6.45) is 8.72. The van der Waals surface area contributed by atoms with Crippen LogP contribution in [0.5, 0.6) is 0 Å². The van der Waals surface area contributed by atoms with Crippen LogP contribution in [0.25, 0.3) is 27.7 Å². The third-order valence-electron chi connectivity index (χ3n) is 3.27. The van der Waals surface area contributed by atoms with Gasteiger partial charge in [0.05, 0.1) is 0 Å². The van der Waals surface area contributed by atoms with E-state index in [4.69, 9.17) is 0 Å². The van der Waals surface area contributed by atoms with E-state index in [1.54, 1.807) is 6.20 Å². The maximum absolute atomic E-state index is 4.25. The van der Waals surface area contributed by atoms with E-state index >= 15 is 0 Å². The van der Waals surface area contributed by atoms with Crippen molar-refractivity contribution in [3.63, 3.8) is 0 Å². The Labute approximate surface area is 110 Å². The lowest BCUT2D eigenvalue weighted by Crippen LogP contribution is -1.90. The first-order valence-corrected chi connectivity index (χ1v) is 6.11. The second-order valence-corrected chi connectivity index (χ2v) is 4.43. The van der Waals surface area contributed by atoms with E-state index in [0.717, 1.165) is 11.1 Å². The topological polar surface area (TPSA) is 30.2 Å². The first-order chi connectivity index (χ1) is 9.42. The van der Waals surface area contributed by atoms with Crippen LogP contribution in [0.15, 0.2) is 61.1 Å². The van der Waals surface area contributed by atoms with Gasteiger partial charge in [-0.1, -0.05) is 42.5 Å². The van der Waals surface area contributed by atoms with Gasteiger partial charge in [0.25, 0.3) is 0 Å². The largest absolute Gasteiger partial charge is 0.291 e. The Hall–Kier alpha value is -2.68. The van der Waals surface area contributed by atoms with Gasteiger partial charge < -0.3 is 0 Å². The molecule has 0 unspecified atom stereocenters. The van der Waals surface area contributed by atoms with Gasteiger partial charge in [-0.25, -0.2) is 9.97 Å². The van der Waals surface area contributed by atoms with Crippen LogP contribution in [0.4, 0.5) is 0 Å². The molecule has 4 rings (SSSR count). The van der Waals surface area contributed by atoms with Crippen LogP contribution in [0.2, 0.25) is 0 Å². The van der Waals surface area contributed by atoms with Gasteiger partial charge in [0.2, 0.25) is 5.78 Å². The quantitative estimate of drug-likeness (QED) is 0.514. The molecule has 0 aliphatic heterocycles. The van der Waals surface area contributed by atoms with E-state index in [0.29, 0.717) is 5.78 Å². The maximum atomic E-state index is 4.25. The van der Waals surface area contributed by atoms with E-state index < -0.39 is 0 Å². The highest BCUT2D eigenvalue weighted by Crippen LogP contribution is 2.27. The number of aromatic nitrogens is 3. The zero-order valence-corrected chi connectivity index (χ0v) is 10.1. The molecule has 19 heavy (non-hydrogen) atoms. The van der Waals surface area contributed by atoms with E-state index in [1.807, 2.05) is 22.9 Å². The van der Waals surface area contributed by atoms with E-state index in [2.05, 4.69) is 52.6 Å². The summed E-state index contributed by atoms with van der Waals surface area (Å²) in [6.45, 7) is 0. The fourth-order valence-corrected chi connectivity index (χ4v) is 2.36. The summed E-state index contributed by atoms with van der Waals surface area (Å²) >= 11 is 0. The fraction of sp³-hybridized carbons (Fsp3) is 0. The number of imidazole rings is 1. The van der Waals surface area contributed by atoms with Crippen LogP contribution in [-0.4, -0.2) is 14.4 Å². The van der Waals surface area contributed by atoms with E-state index in [9.17, 15) is 0 Å². The zero-order chi connectivity index (χ0) is 12.7. The highest BCUT2D eigenvalue weighted by atomic mass is 15.1. The van der Waals surface area contributed by atoms with Crippen molar-refractivity contribution in [3.05, 3.63) is 67.3 Å². The predicted molar refractivity (Wildman–Crippen MR) is 74.8 cm³/mol. The number of hydrogen-bond acceptors (Lipinski definition) is 2. The summed E-state index contributed by atoms with van der Waals surface area (Å²) in [7, 11) is 0. The minimum absolute atomic E-state index is 0.670. The standard InChI is InChI=1S/C16H10N3/c1-2-6-14-12(4-1)5-3-7-15(14)13-10-18-16-17-8-9-19(16)11-13/h1-9,11H. The van der Waals surface area contributed by atoms with Crippen molar-refractivity contribution in [1.82, 2.24) is 14.4 Å². The van der Waals surface area contributed by atoms with E-state index in [-0.39, 0.29) is 0 Å². The first kappa shape index (κ1) is 10.3. The predicted octanol–water partition coefficient (Wildman–Crippen LogP) is 3.35. The molecule has 0 N–H and O–H groups in total. The molecule has 0 bridgehead atoms. The smallest absolute Gasteiger partial charge is 0.234 e. The number of hydrogen-bond donors (Lipinski definition) is 0. The van der Waals surface area contributed by atoms with Crippen LogP contribution in [0.3, 0.4) is 0 Å². The SMILES string of the molecule is [c]1nc2nccn2cc1-c1cccc2ccccc12. The van der Waals surface area contributed by atoms with Crippen molar-refractivity contribution < 1.29 is 0 Å². The minimum Gasteiger partial charge on any atom is -0.291 e. The lowest BCUT2D eigenvalue weighted by atomic mass is 10.0. The van der Waals surface area contributed by atoms with Crippen molar-refractivity contribution in [3.8, 4) is 11.1 Å². The third kappa shape index (κ3) is 1.59. The van der Waals surface area contributed by atoms with Gasteiger partial charge in [-0.2, -0.15) is 0 Å². The van der Waals surface area contributed by atoms with Gasteiger partial charge in [0, 0.05) is 24.2 Å². The van der Waals surface area contributed by atoms with Gasteiger partial charge in [-0.05, 0) is 16.3 Å². The van der Waals surface area contributed by atoms with Crippen molar-refractivity contribution in [2.24, 2.45) is 0 Å². The molecule has 3 heteroatoms. The molecule has 3 nitrogen and oxygen atoms in total. The molecular weight excluding hydrogens is 234 g/mol. The molecule has 0 spiro atoms. The first-order valence-electron chi connectivity index (χ1n) is 6.11. The molecule has 2 aromatic heterocycles. The third-order valence-corrected chi connectivity index (χ3v) is 3.27. The van der Waals surface area contributed by atoms with Crippen LogP contribution in [0.1, 0.15) is 0 Å². The van der Waals surface area contributed by atoms with Crippen LogP contribution < -0.4 is 0 Å². The fourth-order valence-electron chi connectivity index (χ4n) is 2.36. The normalized spacial score (nSPS) is 11.2. The summed E-state index contributed by atoms with van der Waals surface area (Å²) < 4.78 is 1.91. The Morgan fingerprint density at radius 1 is 1.00 bits per heavy atom. The Morgan fingerprint density at radius 3 is 2.89 bits per heavy atom. The Balaban J connectivity index is 2.03. The summed E-state index contributed by atoms with van der Waals surface area (Å²) in [4.78, 5) is 8.39. The molecule has 0 saturated heterocycles. The molecule has 2 aromatic carbocycles. The molecule has 0 aliphatic carbocycles. The Kier molecular flexibility index (Phi) is 2.12. The van der Waals surface area contributed by atoms with Crippen LogP contribution in [-0.2, 0) is 0 Å². The average molecular weight is 244 g/mol. The molecule has 0 fully saturated rings. The van der Waals surface area contributed by atoms with Gasteiger partial charge >= 0.3 is 0 Å². The van der Waals surface area contributed by atoms with Gasteiger partial charge in [0.15, 0.2) is 0 Å². The molecule has 2 heterocycles. The molecule has 4 aromatic rings. The van der Waals surface area contributed by atoms with Gasteiger partial charge in [-0.3, -0.25) is 4.40 Å². The van der Waals surface area contributed by atoms with Crippen molar-refractivity contribution in [1.29, 1.82) is 0 Å². The number of benzene rings is 2. The summed E-state index contributed by atoms with van der Waals surface area (Å²) in [6, 6.07) is 14.6. The van der Waals surface area contributed by atoms with E-state index in [1.165, 1.54) is 10.8 Å². The van der Waals surface area contributed by atoms with Crippen molar-refractivity contribution in [2.45, 2.75) is 0 Å². The zero-order valence-electron chi connectivity index (χ0n) is 10.1. The highest BCUT2D eigenvalue weighted by molar-refractivity contribution is 5.96. The second kappa shape index (κ2) is 3.92. The highest BCUT2D eigenvalue weighted by Gasteiger charge is 2.05. The number of rotatable bonds is 1. The van der Waals surface area contributed by atoms with Gasteiger partial charge in [-0.15, -0.1) is 0 Å². The molecule has 1 radical (unpaired) electrons. The monoisotopic (exact) mass is 244 g/mol. The lowest BCUT2D eigenvalue weighted by molar-refractivity contribution is 1.11. The summed E-state index contributed by atoms with van der Waals surface area (Å²) in [5, 5.41) is 2.43. The maximum Gasteiger partial charge on any atom is 0.234 e. The van der Waals surface area contributed by atoms with Crippen molar-refractivity contribution >= 4 is 16.6 Å². The van der Waals surface area contributed by atoms with Crippen molar-refractivity contribution in [2.75, 3.05) is 0 Å².